The quantitative estimate of drug-likeness (QED) is 0.565. The molecule has 0 bridgehead atoms. The fourth-order valence-corrected chi connectivity index (χ4v) is 1.99. The number of benzene rings is 1. The number of hydrogen-bond acceptors (Lipinski definition) is 1. The fourth-order valence-electron chi connectivity index (χ4n) is 0.886. The summed E-state index contributed by atoms with van der Waals surface area (Å²) in [6, 6.07) is 11.0. The highest BCUT2D eigenvalue weighted by atomic mass is 35.5. The summed E-state index contributed by atoms with van der Waals surface area (Å²) in [6.07, 6.45) is 0. The lowest BCUT2D eigenvalue weighted by Crippen LogP contribution is -1.57. The lowest BCUT2D eigenvalue weighted by molar-refractivity contribution is 1.84. The zero-order valence-corrected chi connectivity index (χ0v) is 6.67. The fraction of sp³-hybridized carbons (Fsp3) is 0. The lowest BCUT2D eigenvalue weighted by Gasteiger charge is -1.81. The van der Waals surface area contributed by atoms with Gasteiger partial charge in [-0.25, -0.2) is 0 Å². The van der Waals surface area contributed by atoms with Crippen molar-refractivity contribution in [2.75, 3.05) is 0 Å². The van der Waals surface area contributed by atoms with Crippen LogP contribution >= 0.6 is 22.9 Å². The van der Waals surface area contributed by atoms with Gasteiger partial charge in [0.25, 0.3) is 0 Å². The normalized spacial score (nSPS) is 10.5. The van der Waals surface area contributed by atoms with Crippen LogP contribution < -0.4 is 0 Å². The molecule has 2 aromatic rings. The van der Waals surface area contributed by atoms with Crippen LogP contribution in [-0.2, 0) is 0 Å². The third kappa shape index (κ3) is 0.917. The van der Waals surface area contributed by atoms with Gasteiger partial charge in [-0.2, -0.15) is 0 Å². The molecule has 0 aliphatic rings. The average molecular weight is 168 g/mol. The van der Waals surface area contributed by atoms with Crippen molar-refractivity contribution in [2.24, 2.45) is 0 Å². The Morgan fingerprint density at radius 3 is 3.20 bits per heavy atom. The first-order chi connectivity index (χ1) is 4.86. The second-order valence-corrected chi connectivity index (χ2v) is 3.69. The maximum atomic E-state index is 5.78. The Kier molecular flexibility index (Phi) is 1.40. The van der Waals surface area contributed by atoms with Gasteiger partial charge in [0, 0.05) is 10.8 Å². The standard InChI is InChI=1S/C8H4ClS/c9-8-5-6-3-1-2-4-7(6)10-8/h1-3,5H. The highest BCUT2D eigenvalue weighted by molar-refractivity contribution is 7.22. The van der Waals surface area contributed by atoms with E-state index in [9.17, 15) is 0 Å². The molecule has 10 heavy (non-hydrogen) atoms. The summed E-state index contributed by atoms with van der Waals surface area (Å²) < 4.78 is 1.96. The number of fused-ring (bicyclic) bond motifs is 1. The van der Waals surface area contributed by atoms with E-state index in [0.717, 1.165) is 9.04 Å². The summed E-state index contributed by atoms with van der Waals surface area (Å²) in [5, 5.41) is 1.18. The third-order valence-electron chi connectivity index (χ3n) is 1.32. The van der Waals surface area contributed by atoms with Gasteiger partial charge >= 0.3 is 0 Å². The van der Waals surface area contributed by atoms with Crippen LogP contribution in [0.1, 0.15) is 0 Å². The predicted molar refractivity (Wildman–Crippen MR) is 45.7 cm³/mol. The van der Waals surface area contributed by atoms with Crippen LogP contribution in [0.2, 0.25) is 4.34 Å². The molecule has 0 nitrogen and oxygen atoms in total. The Morgan fingerprint density at radius 2 is 2.40 bits per heavy atom. The summed E-state index contributed by atoms with van der Waals surface area (Å²) in [6.45, 7) is 0. The van der Waals surface area contributed by atoms with Gasteiger partial charge < -0.3 is 0 Å². The number of hydrogen-bond donors (Lipinski definition) is 0. The lowest BCUT2D eigenvalue weighted by atomic mass is 10.3. The van der Waals surface area contributed by atoms with Crippen molar-refractivity contribution in [3.05, 3.63) is 34.7 Å². The Balaban J connectivity index is 2.88. The Bertz CT molecular complexity index is 318. The van der Waals surface area contributed by atoms with Gasteiger partial charge in [0.15, 0.2) is 0 Å². The van der Waals surface area contributed by atoms with E-state index in [-0.39, 0.29) is 0 Å². The van der Waals surface area contributed by atoms with Crippen LogP contribution in [0.25, 0.3) is 10.1 Å². The topological polar surface area (TPSA) is 0 Å². The van der Waals surface area contributed by atoms with Gasteiger partial charge in [0.05, 0.1) is 4.34 Å². The highest BCUT2D eigenvalue weighted by Crippen LogP contribution is 2.28. The van der Waals surface area contributed by atoms with Crippen molar-refractivity contribution in [3.8, 4) is 0 Å². The summed E-state index contributed by atoms with van der Waals surface area (Å²) in [7, 11) is 0. The van der Waals surface area contributed by atoms with E-state index in [1.54, 1.807) is 11.3 Å². The molecular weight excluding hydrogens is 164 g/mol. The van der Waals surface area contributed by atoms with Gasteiger partial charge in [0.2, 0.25) is 0 Å². The van der Waals surface area contributed by atoms with Gasteiger partial charge in [0.1, 0.15) is 0 Å². The summed E-state index contributed by atoms with van der Waals surface area (Å²) >= 11 is 7.34. The van der Waals surface area contributed by atoms with Gasteiger partial charge in [-0.3, -0.25) is 0 Å². The monoisotopic (exact) mass is 167 g/mol. The first-order valence-electron chi connectivity index (χ1n) is 2.92. The first-order valence-corrected chi connectivity index (χ1v) is 4.11. The van der Waals surface area contributed by atoms with Crippen LogP contribution in [0.4, 0.5) is 0 Å². The molecule has 1 heterocycles. The van der Waals surface area contributed by atoms with Crippen LogP contribution in [0.5, 0.6) is 0 Å². The maximum Gasteiger partial charge on any atom is 0.0941 e. The van der Waals surface area contributed by atoms with Gasteiger partial charge in [-0.15, -0.1) is 11.3 Å². The third-order valence-corrected chi connectivity index (χ3v) is 2.53. The molecule has 1 aromatic carbocycles. The molecule has 2 rings (SSSR count). The number of rotatable bonds is 0. The van der Waals surface area contributed by atoms with E-state index < -0.39 is 0 Å². The Labute approximate surface area is 68.1 Å². The molecule has 0 N–H and O–H groups in total. The predicted octanol–water partition coefficient (Wildman–Crippen LogP) is 3.35. The van der Waals surface area contributed by atoms with Crippen molar-refractivity contribution in [2.45, 2.75) is 0 Å². The largest absolute Gasteiger partial charge is 0.123 e. The number of halogens is 1. The minimum atomic E-state index is 0.831. The van der Waals surface area contributed by atoms with E-state index in [0.29, 0.717) is 0 Å². The second kappa shape index (κ2) is 2.26. The minimum Gasteiger partial charge on any atom is -0.123 e. The molecule has 0 spiro atoms. The summed E-state index contributed by atoms with van der Waals surface area (Å²) in [5.41, 5.74) is 0. The maximum absolute atomic E-state index is 5.78. The van der Waals surface area contributed by atoms with Crippen molar-refractivity contribution in [1.82, 2.24) is 0 Å². The van der Waals surface area contributed by atoms with Crippen LogP contribution in [0, 0.1) is 6.07 Å². The van der Waals surface area contributed by atoms with Crippen LogP contribution in [0.15, 0.2) is 24.3 Å². The minimum absolute atomic E-state index is 0.831. The van der Waals surface area contributed by atoms with Crippen molar-refractivity contribution in [1.29, 1.82) is 0 Å². The molecule has 0 unspecified atom stereocenters. The summed E-state index contributed by atoms with van der Waals surface area (Å²) in [4.78, 5) is 0. The SMILES string of the molecule is Clc1cc2ccc[c]c2s1. The van der Waals surface area contributed by atoms with Crippen molar-refractivity contribution < 1.29 is 0 Å². The molecule has 1 radical (unpaired) electrons. The zero-order valence-electron chi connectivity index (χ0n) is 5.10. The summed E-state index contributed by atoms with van der Waals surface area (Å²) in [5.74, 6) is 0. The molecule has 1 aromatic heterocycles. The zero-order chi connectivity index (χ0) is 6.97. The molecule has 0 saturated carbocycles. The van der Waals surface area contributed by atoms with Crippen molar-refractivity contribution in [3.63, 3.8) is 0 Å². The Morgan fingerprint density at radius 1 is 1.50 bits per heavy atom. The molecule has 0 aliphatic heterocycles. The molecule has 0 fully saturated rings. The highest BCUT2D eigenvalue weighted by Gasteiger charge is 1.95. The molecule has 49 valence electrons. The van der Waals surface area contributed by atoms with E-state index >= 15 is 0 Å². The molecule has 0 aliphatic carbocycles. The van der Waals surface area contributed by atoms with Crippen LogP contribution in [-0.4, -0.2) is 0 Å². The molecule has 0 saturated heterocycles. The molecule has 2 heteroatoms. The number of thiophene rings is 1. The van der Waals surface area contributed by atoms with Crippen molar-refractivity contribution >= 4 is 33.0 Å². The van der Waals surface area contributed by atoms with Crippen LogP contribution in [0.3, 0.4) is 0 Å². The molecular formula is C8H4ClS. The van der Waals surface area contributed by atoms with Gasteiger partial charge in [-0.05, 0) is 11.5 Å². The van der Waals surface area contributed by atoms with Gasteiger partial charge in [-0.1, -0.05) is 29.8 Å². The average Bonchev–Trinajstić information content (AvgIpc) is 2.27. The van der Waals surface area contributed by atoms with E-state index in [1.807, 2.05) is 24.3 Å². The molecule has 0 atom stereocenters. The van der Waals surface area contributed by atoms with E-state index in [2.05, 4.69) is 6.07 Å². The van der Waals surface area contributed by atoms with E-state index in [1.165, 1.54) is 5.39 Å². The first kappa shape index (κ1) is 6.20. The second-order valence-electron chi connectivity index (χ2n) is 2.01. The smallest absolute Gasteiger partial charge is 0.0941 e. The van der Waals surface area contributed by atoms with E-state index in [4.69, 9.17) is 11.6 Å². The Hall–Kier alpha value is -0.530. The molecule has 0 amide bonds.